The van der Waals surface area contributed by atoms with Gasteiger partial charge >= 0.3 is 0 Å². The van der Waals surface area contributed by atoms with E-state index in [-0.39, 0.29) is 11.8 Å². The van der Waals surface area contributed by atoms with Crippen LogP contribution in [-0.4, -0.2) is 21.0 Å². The summed E-state index contributed by atoms with van der Waals surface area (Å²) in [6.45, 7) is 0. The van der Waals surface area contributed by atoms with E-state index in [1.165, 1.54) is 0 Å². The van der Waals surface area contributed by atoms with Crippen LogP contribution in [-0.2, 0) is 0 Å². The summed E-state index contributed by atoms with van der Waals surface area (Å²) in [5.74, 6) is -0.102. The van der Waals surface area contributed by atoms with Gasteiger partial charge in [0.1, 0.15) is 5.69 Å². The largest absolute Gasteiger partial charge is 0.338 e. The lowest BCUT2D eigenvalue weighted by Crippen LogP contribution is -2.12. The van der Waals surface area contributed by atoms with Gasteiger partial charge in [0.25, 0.3) is 5.91 Å². The number of nitrogens with zero attached hydrogens (tertiary/aromatic N) is 3. The molecule has 7 heteroatoms. The van der Waals surface area contributed by atoms with Crippen LogP contribution in [0.2, 0.25) is 5.02 Å². The van der Waals surface area contributed by atoms with Crippen LogP contribution >= 0.6 is 11.6 Å². The van der Waals surface area contributed by atoms with Gasteiger partial charge in [-0.15, -0.1) is 0 Å². The van der Waals surface area contributed by atoms with Gasteiger partial charge in [-0.3, -0.25) is 15.1 Å². The lowest BCUT2D eigenvalue weighted by Gasteiger charge is -2.09. The number of anilines is 1. The number of aromatic nitrogens is 3. The summed E-state index contributed by atoms with van der Waals surface area (Å²) in [5.41, 5.74) is 3.93. The first kappa shape index (κ1) is 19.0. The minimum Gasteiger partial charge on any atom is -0.338 e. The normalized spacial score (nSPS) is 10.9. The van der Waals surface area contributed by atoms with Gasteiger partial charge in [0.15, 0.2) is 0 Å². The molecule has 2 aromatic carbocycles. The SMILES string of the molecule is O=C(Nc1cc(-c2ccccc2Cl)no1)c1cc(-c2cccnc2)nc2ccccc12. The van der Waals surface area contributed by atoms with Crippen LogP contribution in [0.4, 0.5) is 5.88 Å². The average Bonchev–Trinajstić information content (AvgIpc) is 3.27. The van der Waals surface area contributed by atoms with Gasteiger partial charge in [0.05, 0.1) is 21.8 Å². The molecule has 31 heavy (non-hydrogen) atoms. The van der Waals surface area contributed by atoms with Crippen LogP contribution in [0, 0.1) is 0 Å². The molecular formula is C24H15ClN4O2. The molecule has 150 valence electrons. The number of halogens is 1. The fourth-order valence-electron chi connectivity index (χ4n) is 3.33. The molecule has 5 rings (SSSR count). The zero-order valence-electron chi connectivity index (χ0n) is 16.1. The number of pyridine rings is 2. The third-order valence-corrected chi connectivity index (χ3v) is 5.14. The van der Waals surface area contributed by atoms with Crippen molar-refractivity contribution in [2.75, 3.05) is 5.32 Å². The highest BCUT2D eigenvalue weighted by Crippen LogP contribution is 2.29. The van der Waals surface area contributed by atoms with E-state index in [9.17, 15) is 4.79 Å². The van der Waals surface area contributed by atoms with Crippen LogP contribution in [0.5, 0.6) is 0 Å². The molecule has 0 spiro atoms. The van der Waals surface area contributed by atoms with Gasteiger partial charge in [-0.05, 0) is 30.3 Å². The molecule has 1 amide bonds. The minimum absolute atomic E-state index is 0.226. The van der Waals surface area contributed by atoms with Crippen molar-refractivity contribution >= 4 is 34.3 Å². The Morgan fingerprint density at radius 3 is 2.61 bits per heavy atom. The summed E-state index contributed by atoms with van der Waals surface area (Å²) in [6, 6.07) is 21.9. The van der Waals surface area contributed by atoms with Gasteiger partial charge in [-0.1, -0.05) is 53.2 Å². The molecule has 5 aromatic rings. The Labute approximate surface area is 182 Å². The molecule has 0 fully saturated rings. The quantitative estimate of drug-likeness (QED) is 0.389. The van der Waals surface area contributed by atoms with Gasteiger partial charge in [-0.2, -0.15) is 0 Å². The molecule has 0 aliphatic carbocycles. The molecule has 1 N–H and O–H groups in total. The fourth-order valence-corrected chi connectivity index (χ4v) is 3.57. The second kappa shape index (κ2) is 8.01. The first-order valence-electron chi connectivity index (χ1n) is 9.52. The van der Waals surface area contributed by atoms with Crippen molar-refractivity contribution in [1.82, 2.24) is 15.1 Å². The molecule has 6 nitrogen and oxygen atoms in total. The maximum atomic E-state index is 13.2. The molecule has 3 aromatic heterocycles. The molecular weight excluding hydrogens is 412 g/mol. The van der Waals surface area contributed by atoms with E-state index in [1.807, 2.05) is 54.6 Å². The Bertz CT molecular complexity index is 1400. The van der Waals surface area contributed by atoms with E-state index in [4.69, 9.17) is 16.1 Å². The Balaban J connectivity index is 1.51. The molecule has 0 unspecified atom stereocenters. The Kier molecular flexibility index (Phi) is 4.90. The van der Waals surface area contributed by atoms with E-state index in [1.54, 1.807) is 30.6 Å². The fraction of sp³-hybridized carbons (Fsp3) is 0. The number of hydrogen-bond donors (Lipinski definition) is 1. The number of amides is 1. The number of carbonyl (C=O) groups excluding carboxylic acids is 1. The van der Waals surface area contributed by atoms with E-state index in [0.29, 0.717) is 27.5 Å². The van der Waals surface area contributed by atoms with Crippen molar-refractivity contribution in [2.24, 2.45) is 0 Å². The molecule has 3 heterocycles. The number of carbonyl (C=O) groups is 1. The summed E-state index contributed by atoms with van der Waals surface area (Å²) in [4.78, 5) is 22.0. The number of rotatable bonds is 4. The zero-order valence-corrected chi connectivity index (χ0v) is 16.9. The Hall–Kier alpha value is -4.03. The topological polar surface area (TPSA) is 80.9 Å². The number of benzene rings is 2. The van der Waals surface area contributed by atoms with Crippen molar-refractivity contribution in [1.29, 1.82) is 0 Å². The molecule has 0 saturated carbocycles. The van der Waals surface area contributed by atoms with E-state index >= 15 is 0 Å². The van der Waals surface area contributed by atoms with Gasteiger partial charge < -0.3 is 4.52 Å². The standard InChI is InChI=1S/C24H15ClN4O2/c25-19-9-3-1-8-17(19)22-13-23(31-29-22)28-24(30)18-12-21(15-6-5-11-26-14-15)27-20-10-4-2-7-16(18)20/h1-14H,(H,28,30). The molecule has 0 aliphatic rings. The van der Waals surface area contributed by atoms with Crippen LogP contribution in [0.15, 0.2) is 89.7 Å². The number of hydrogen-bond acceptors (Lipinski definition) is 5. The molecule has 0 aliphatic heterocycles. The van der Waals surface area contributed by atoms with Gasteiger partial charge in [0, 0.05) is 35.0 Å². The Morgan fingerprint density at radius 1 is 0.935 bits per heavy atom. The summed E-state index contributed by atoms with van der Waals surface area (Å²) in [5, 5.41) is 8.10. The highest BCUT2D eigenvalue weighted by molar-refractivity contribution is 6.33. The van der Waals surface area contributed by atoms with Crippen LogP contribution in [0.25, 0.3) is 33.4 Å². The van der Waals surface area contributed by atoms with Crippen molar-refractivity contribution < 1.29 is 9.32 Å². The first-order chi connectivity index (χ1) is 15.2. The van der Waals surface area contributed by atoms with Crippen LogP contribution < -0.4 is 5.32 Å². The highest BCUT2D eigenvalue weighted by Gasteiger charge is 2.17. The Morgan fingerprint density at radius 2 is 1.77 bits per heavy atom. The molecule has 0 bridgehead atoms. The second-order valence-electron chi connectivity index (χ2n) is 6.82. The van der Waals surface area contributed by atoms with Crippen molar-refractivity contribution in [3.8, 4) is 22.5 Å². The monoisotopic (exact) mass is 426 g/mol. The van der Waals surface area contributed by atoms with E-state index in [0.717, 1.165) is 16.5 Å². The highest BCUT2D eigenvalue weighted by atomic mass is 35.5. The van der Waals surface area contributed by atoms with Crippen molar-refractivity contribution in [3.63, 3.8) is 0 Å². The van der Waals surface area contributed by atoms with Crippen LogP contribution in [0.1, 0.15) is 10.4 Å². The maximum absolute atomic E-state index is 13.2. The van der Waals surface area contributed by atoms with Crippen molar-refractivity contribution in [3.05, 3.63) is 95.8 Å². The van der Waals surface area contributed by atoms with Crippen LogP contribution in [0.3, 0.4) is 0 Å². The number of fused-ring (bicyclic) bond motifs is 1. The average molecular weight is 427 g/mol. The predicted octanol–water partition coefficient (Wildman–Crippen LogP) is 5.86. The summed E-state index contributed by atoms with van der Waals surface area (Å²) in [7, 11) is 0. The zero-order chi connectivity index (χ0) is 21.2. The smallest absolute Gasteiger partial charge is 0.258 e. The number of nitrogens with one attached hydrogen (secondary N) is 1. The lowest BCUT2D eigenvalue weighted by molar-refractivity contribution is 0.102. The molecule has 0 saturated heterocycles. The van der Waals surface area contributed by atoms with Gasteiger partial charge in [0.2, 0.25) is 5.88 Å². The molecule has 0 radical (unpaired) electrons. The third-order valence-electron chi connectivity index (χ3n) is 4.81. The minimum atomic E-state index is -0.328. The molecule has 0 atom stereocenters. The number of para-hydroxylation sites is 1. The van der Waals surface area contributed by atoms with Crippen molar-refractivity contribution in [2.45, 2.75) is 0 Å². The summed E-state index contributed by atoms with van der Waals surface area (Å²) < 4.78 is 5.33. The first-order valence-corrected chi connectivity index (χ1v) is 9.90. The van der Waals surface area contributed by atoms with Gasteiger partial charge in [-0.25, -0.2) is 4.98 Å². The van der Waals surface area contributed by atoms with E-state index in [2.05, 4.69) is 20.4 Å². The lowest BCUT2D eigenvalue weighted by atomic mass is 10.0. The van der Waals surface area contributed by atoms with E-state index < -0.39 is 0 Å². The predicted molar refractivity (Wildman–Crippen MR) is 120 cm³/mol. The summed E-state index contributed by atoms with van der Waals surface area (Å²) in [6.07, 6.45) is 3.41. The maximum Gasteiger partial charge on any atom is 0.258 e. The second-order valence-corrected chi connectivity index (χ2v) is 7.23. The third kappa shape index (κ3) is 3.76. The summed E-state index contributed by atoms with van der Waals surface area (Å²) >= 11 is 6.23.